The van der Waals surface area contributed by atoms with E-state index in [1.165, 1.54) is 79.4 Å². The lowest BCUT2D eigenvalue weighted by molar-refractivity contribution is -0.145. The van der Waals surface area contributed by atoms with Gasteiger partial charge in [-0.15, -0.1) is 0 Å². The number of aromatic hydroxyl groups is 1. The maximum Gasteiger partial charge on any atom is 0.320 e. The summed E-state index contributed by atoms with van der Waals surface area (Å²) in [6.45, 7) is 1.88. The van der Waals surface area contributed by atoms with Gasteiger partial charge >= 0.3 is 23.9 Å². The highest BCUT2D eigenvalue weighted by Gasteiger charge is 2.38. The Labute approximate surface area is 584 Å². The van der Waals surface area contributed by atoms with Crippen molar-refractivity contribution in [2.75, 3.05) is 82.3 Å². The third-order valence-electron chi connectivity index (χ3n) is 16.1. The first-order chi connectivity index (χ1) is 47.0. The third kappa shape index (κ3) is 28.4. The van der Waals surface area contributed by atoms with Crippen molar-refractivity contribution < 1.29 is 88.2 Å². The number of unbranched alkanes of at least 4 members (excludes halogenated alkanes) is 1. The van der Waals surface area contributed by atoms with E-state index >= 15 is 14.4 Å². The van der Waals surface area contributed by atoms with Crippen molar-refractivity contribution in [2.45, 2.75) is 132 Å². The van der Waals surface area contributed by atoms with Gasteiger partial charge in [0.1, 0.15) is 54.1 Å². The molecule has 3 aromatic rings. The zero-order valence-electron chi connectivity index (χ0n) is 54.8. The first-order valence-electron chi connectivity index (χ1n) is 32.0. The number of aliphatic hydroxyl groups excluding tert-OH is 2. The highest BCUT2D eigenvalue weighted by molar-refractivity contribution is 8.76. The predicted molar refractivity (Wildman–Crippen MR) is 366 cm³/mol. The number of primary amides is 1. The van der Waals surface area contributed by atoms with Gasteiger partial charge in [0, 0.05) is 93.2 Å². The summed E-state index contributed by atoms with van der Waals surface area (Å²) in [5.41, 5.74) is 19.0. The normalized spacial score (nSPS) is 21.6. The van der Waals surface area contributed by atoms with Crippen LogP contribution in [0.25, 0.3) is 0 Å². The molecule has 5 rings (SSSR count). The predicted octanol–water partition coefficient (Wildman–Crippen LogP) is -2.99. The summed E-state index contributed by atoms with van der Waals surface area (Å²) in [5, 5.41) is 84.4. The van der Waals surface area contributed by atoms with Crippen LogP contribution in [-0.4, -0.2) is 260 Å². The number of carboxylic acids is 3. The molecule has 36 heteroatoms. The Bertz CT molecular complexity index is 3210. The van der Waals surface area contributed by atoms with Gasteiger partial charge in [-0.2, -0.15) is 0 Å². The number of phenolic OH excluding ortho intramolecular Hbond substituents is 1. The van der Waals surface area contributed by atoms with Crippen LogP contribution < -0.4 is 65.1 Å². The van der Waals surface area contributed by atoms with E-state index in [1.807, 2.05) is 0 Å². The van der Waals surface area contributed by atoms with E-state index in [0.717, 1.165) is 21.6 Å². The Hall–Kier alpha value is -8.39. The second kappa shape index (κ2) is 41.2. The number of anilines is 1. The first-order valence-corrected chi connectivity index (χ1v) is 34.8. The number of amides is 10. The fraction of sp³-hybridized carbons (Fsp3) is 0.524. The van der Waals surface area contributed by atoms with E-state index in [0.29, 0.717) is 28.1 Å². The molecule has 10 amide bonds. The van der Waals surface area contributed by atoms with Crippen LogP contribution in [0.5, 0.6) is 5.75 Å². The molecular weight excluding hydrogens is 1350 g/mol. The zero-order chi connectivity index (χ0) is 72.9. The van der Waals surface area contributed by atoms with Crippen LogP contribution in [0.2, 0.25) is 5.02 Å². The van der Waals surface area contributed by atoms with Gasteiger partial charge in [-0.3, -0.25) is 67.4 Å². The fourth-order valence-corrected chi connectivity index (χ4v) is 13.1. The van der Waals surface area contributed by atoms with Crippen LogP contribution in [0.1, 0.15) is 62.6 Å². The van der Waals surface area contributed by atoms with E-state index in [-0.39, 0.29) is 102 Å². The van der Waals surface area contributed by atoms with Gasteiger partial charge in [-0.05, 0) is 99.2 Å². The highest BCUT2D eigenvalue weighted by Crippen LogP contribution is 2.25. The van der Waals surface area contributed by atoms with Crippen molar-refractivity contribution in [3.63, 3.8) is 0 Å². The minimum absolute atomic E-state index is 0.0223. The van der Waals surface area contributed by atoms with E-state index < -0.39 is 170 Å². The lowest BCUT2D eigenvalue weighted by Gasteiger charge is -2.30. The zero-order valence-corrected chi connectivity index (χ0v) is 57.2. The molecule has 0 aromatic heterocycles. The second-order valence-electron chi connectivity index (χ2n) is 24.0. The van der Waals surface area contributed by atoms with Gasteiger partial charge in [0.25, 0.3) is 0 Å². The van der Waals surface area contributed by atoms with Gasteiger partial charge in [0.2, 0.25) is 47.3 Å². The maximum absolute atomic E-state index is 15.2. The van der Waals surface area contributed by atoms with Crippen molar-refractivity contribution in [2.24, 2.45) is 17.2 Å². The van der Waals surface area contributed by atoms with Gasteiger partial charge in [0.05, 0.1) is 31.8 Å². The molecule has 33 nitrogen and oxygen atoms in total. The van der Waals surface area contributed by atoms with Gasteiger partial charge in [-0.25, -0.2) is 4.79 Å². The highest BCUT2D eigenvalue weighted by atomic mass is 35.5. The Morgan fingerprint density at radius 2 is 1.19 bits per heavy atom. The molecule has 2 saturated heterocycles. The SMILES string of the molecule is C[C@@H](N)[C@@H]1NC(=O)[C@H](CCCCN)NC(=O)[C@@H](Cc2ccc(NC(N)=O)cc2)NC(=O)[C@H](Cc2ccc(O)cc2)NC(=O)[C@@H](NC(=O)[C@@H](Cc2ccc(Cl)cc2)NC(=O)CC[C@H](C(=O)O)N2CCN(CC(=O)O)CCN(CC(=O)O)CC2)CSSC[C@@H](C(=O)N[C@H](CO)[C@@H](C)O)NC1=O. The molecule has 2 fully saturated rings. The first kappa shape index (κ1) is 81.3. The molecule has 0 bridgehead atoms. The van der Waals surface area contributed by atoms with Crippen LogP contribution in [0, 0.1) is 0 Å². The number of nitrogens with one attached hydrogen (secondary N) is 9. The number of halogens is 1. The largest absolute Gasteiger partial charge is 0.508 e. The third-order valence-corrected chi connectivity index (χ3v) is 18.8. The number of carbonyl (C=O) groups excluding carboxylic acids is 9. The number of nitrogens with zero attached hydrogens (tertiary/aromatic N) is 3. The Morgan fingerprint density at radius 3 is 1.72 bits per heavy atom. The minimum Gasteiger partial charge on any atom is -0.508 e. The molecule has 0 spiro atoms. The van der Waals surface area contributed by atoms with E-state index in [9.17, 15) is 73.8 Å². The number of hydrogen-bond acceptors (Lipinski definition) is 22. The van der Waals surface area contributed by atoms with Crippen molar-refractivity contribution in [3.05, 3.63) is 94.5 Å². The standard InChI is InChI=1S/C63H90ClN15O18S2/c1-35(66)54-61(94)75-49(60(93)73-47(32-80)36(2)81)34-99-98-33-48(74-56(89)44(27-37-6-12-40(64)13-7-37)69-51(83)19-18-50(62(95)96)79-25-23-77(30-52(84)85)21-22-78(24-26-79)31-53(86)87)59(92)72-46(29-39-10-16-42(82)17-11-39)58(91)71-45(28-38-8-14-41(15-9-38)68-63(67)97)57(90)70-43(55(88)76-54)5-3-4-20-65/h6-17,35-36,43-50,54,80-82H,3-5,18-34,65-66H2,1-2H3,(H,69,83)(H,70,90)(H,71,91)(H,72,92)(H,73,93)(H,74,89)(H,75,94)(H,76,88)(H,84,85)(H,86,87)(H,95,96)(H3,67,68,97)/t35-,36-,43+,44-,45-,46+,47-,48+,49+,50-,54+/m1/s1. The number of aliphatic carboxylic acids is 3. The number of carboxylic acid groups (broad SMARTS) is 3. The monoisotopic (exact) mass is 1440 g/mol. The van der Waals surface area contributed by atoms with Crippen molar-refractivity contribution in [1.29, 1.82) is 0 Å². The number of urea groups is 1. The molecule has 0 radical (unpaired) electrons. The number of nitrogens with two attached hydrogens (primary N) is 3. The molecule has 0 aliphatic carbocycles. The van der Waals surface area contributed by atoms with Crippen LogP contribution >= 0.6 is 33.2 Å². The number of benzene rings is 3. The van der Waals surface area contributed by atoms with Crippen molar-refractivity contribution in [1.82, 2.24) is 57.2 Å². The summed E-state index contributed by atoms with van der Waals surface area (Å²) in [5.74, 6) is -12.1. The summed E-state index contributed by atoms with van der Waals surface area (Å²) in [4.78, 5) is 170. The summed E-state index contributed by atoms with van der Waals surface area (Å²) in [6, 6.07) is 2.11. The van der Waals surface area contributed by atoms with Crippen LogP contribution in [0.3, 0.4) is 0 Å². The van der Waals surface area contributed by atoms with E-state index in [4.69, 9.17) is 28.8 Å². The lowest BCUT2D eigenvalue weighted by atomic mass is 10.0. The van der Waals surface area contributed by atoms with Crippen LogP contribution in [0.4, 0.5) is 10.5 Å². The molecule has 99 heavy (non-hydrogen) atoms. The molecule has 2 heterocycles. The summed E-state index contributed by atoms with van der Waals surface area (Å²) < 4.78 is 0. The molecular formula is C63H90ClN15O18S2. The number of rotatable bonds is 28. The van der Waals surface area contributed by atoms with Crippen molar-refractivity contribution >= 4 is 110 Å². The molecule has 11 atom stereocenters. The summed E-state index contributed by atoms with van der Waals surface area (Å²) in [7, 11) is 1.77. The average molecular weight is 1450 g/mol. The van der Waals surface area contributed by atoms with Crippen molar-refractivity contribution in [3.8, 4) is 5.75 Å². The molecule has 2 aliphatic rings. The Morgan fingerprint density at radius 1 is 0.667 bits per heavy atom. The fourth-order valence-electron chi connectivity index (χ4n) is 10.6. The maximum atomic E-state index is 15.2. The average Bonchev–Trinajstić information content (AvgIpc) is 0.919. The summed E-state index contributed by atoms with van der Waals surface area (Å²) in [6.07, 6.45) is -2.46. The van der Waals surface area contributed by atoms with E-state index in [2.05, 4.69) is 47.9 Å². The number of phenols is 1. The smallest absolute Gasteiger partial charge is 0.320 e. The minimum atomic E-state index is -1.68. The number of hydrogen-bond donors (Lipinski definition) is 18. The number of aliphatic hydroxyl groups is 2. The molecule has 544 valence electrons. The summed E-state index contributed by atoms with van der Waals surface area (Å²) >= 11 is 6.24. The molecule has 2 aliphatic heterocycles. The molecule has 3 aromatic carbocycles. The molecule has 21 N–H and O–H groups in total. The topological polar surface area (TPSA) is 522 Å². The van der Waals surface area contributed by atoms with Crippen LogP contribution in [0.15, 0.2) is 72.8 Å². The quantitative estimate of drug-likeness (QED) is 0.0255. The Balaban J connectivity index is 1.59. The van der Waals surface area contributed by atoms with Gasteiger partial charge in [-0.1, -0.05) is 69.6 Å². The second-order valence-corrected chi connectivity index (χ2v) is 27.0. The lowest BCUT2D eigenvalue weighted by Crippen LogP contribution is -2.63. The molecule has 0 saturated carbocycles. The number of carbonyl (C=O) groups is 12. The van der Waals surface area contributed by atoms with Gasteiger partial charge in [0.15, 0.2) is 0 Å². The van der Waals surface area contributed by atoms with Gasteiger partial charge < -0.3 is 95.7 Å². The molecule has 0 unspecified atom stereocenters. The van der Waals surface area contributed by atoms with Crippen LogP contribution in [-0.2, 0) is 72.0 Å². The van der Waals surface area contributed by atoms with E-state index in [1.54, 1.807) is 21.9 Å². The Kier molecular flexibility index (Phi) is 33.9.